The van der Waals surface area contributed by atoms with Gasteiger partial charge in [0.1, 0.15) is 5.75 Å². The smallest absolute Gasteiger partial charge is 0.387 e. The minimum Gasteiger partial charge on any atom is -0.434 e. The number of piperazine rings is 1. The molecule has 0 spiro atoms. The van der Waals surface area contributed by atoms with E-state index < -0.39 is 12.5 Å². The van der Waals surface area contributed by atoms with E-state index in [9.17, 15) is 18.4 Å². The monoisotopic (exact) mass is 449 g/mol. The number of amides is 2. The zero-order chi connectivity index (χ0) is 22.2. The topological polar surface area (TPSA) is 61.9 Å². The standard InChI is InChI=1S/C22H22ClF2N3O3/c23-17-5-3-6-18(14-17)27-10-12-28(13-11-27)21(30)15-26-20(29)9-8-16-4-1-2-7-19(16)31-22(24)25/h1-9,14,22H,10-13,15H2,(H,26,29)/b9-8+. The first-order chi connectivity index (χ1) is 14.9. The average Bonchev–Trinajstić information content (AvgIpc) is 2.76. The van der Waals surface area contributed by atoms with Crippen LogP contribution in [0.3, 0.4) is 0 Å². The first-order valence-electron chi connectivity index (χ1n) is 9.70. The van der Waals surface area contributed by atoms with E-state index in [-0.39, 0.29) is 18.2 Å². The Morgan fingerprint density at radius 2 is 1.84 bits per heavy atom. The molecule has 2 aromatic rings. The van der Waals surface area contributed by atoms with Gasteiger partial charge in [0, 0.05) is 48.5 Å². The molecule has 3 rings (SSSR count). The van der Waals surface area contributed by atoms with Gasteiger partial charge in [-0.05, 0) is 30.3 Å². The fourth-order valence-corrected chi connectivity index (χ4v) is 3.39. The van der Waals surface area contributed by atoms with E-state index in [1.807, 2.05) is 24.3 Å². The Balaban J connectivity index is 1.46. The van der Waals surface area contributed by atoms with E-state index in [0.717, 1.165) is 5.69 Å². The summed E-state index contributed by atoms with van der Waals surface area (Å²) in [6.07, 6.45) is 2.54. The van der Waals surface area contributed by atoms with Gasteiger partial charge in [-0.3, -0.25) is 9.59 Å². The molecule has 1 aliphatic rings. The number of nitrogens with zero attached hydrogens (tertiary/aromatic N) is 2. The number of carbonyl (C=O) groups excluding carboxylic acids is 2. The van der Waals surface area contributed by atoms with Crippen molar-refractivity contribution in [2.45, 2.75) is 6.61 Å². The highest BCUT2D eigenvalue weighted by atomic mass is 35.5. The number of hydrogen-bond acceptors (Lipinski definition) is 4. The van der Waals surface area contributed by atoms with Crippen molar-refractivity contribution in [2.75, 3.05) is 37.6 Å². The molecular formula is C22H22ClF2N3O3. The number of alkyl halides is 2. The van der Waals surface area contributed by atoms with Crippen molar-refractivity contribution in [1.29, 1.82) is 0 Å². The summed E-state index contributed by atoms with van der Waals surface area (Å²) in [4.78, 5) is 28.3. The van der Waals surface area contributed by atoms with E-state index >= 15 is 0 Å². The summed E-state index contributed by atoms with van der Waals surface area (Å²) >= 11 is 6.03. The minimum absolute atomic E-state index is 0.0322. The maximum Gasteiger partial charge on any atom is 0.387 e. The molecule has 2 aromatic carbocycles. The molecule has 0 unspecified atom stereocenters. The zero-order valence-electron chi connectivity index (χ0n) is 16.6. The van der Waals surface area contributed by atoms with Crippen molar-refractivity contribution in [3.8, 4) is 5.75 Å². The SMILES string of the molecule is O=C(/C=C/c1ccccc1OC(F)F)NCC(=O)N1CCN(c2cccc(Cl)c2)CC1. The summed E-state index contributed by atoms with van der Waals surface area (Å²) < 4.78 is 29.3. The van der Waals surface area contributed by atoms with Crippen molar-refractivity contribution < 1.29 is 23.1 Å². The van der Waals surface area contributed by atoms with Crippen LogP contribution in [0.4, 0.5) is 14.5 Å². The molecule has 31 heavy (non-hydrogen) atoms. The van der Waals surface area contributed by atoms with Crippen LogP contribution in [0.5, 0.6) is 5.75 Å². The van der Waals surface area contributed by atoms with E-state index in [0.29, 0.717) is 36.8 Å². The summed E-state index contributed by atoms with van der Waals surface area (Å²) in [5.74, 6) is -0.720. The summed E-state index contributed by atoms with van der Waals surface area (Å²) in [6, 6.07) is 13.7. The Morgan fingerprint density at radius 1 is 1.10 bits per heavy atom. The lowest BCUT2D eigenvalue weighted by Crippen LogP contribution is -2.51. The molecule has 6 nitrogen and oxygen atoms in total. The first kappa shape index (κ1) is 22.6. The highest BCUT2D eigenvalue weighted by molar-refractivity contribution is 6.30. The largest absolute Gasteiger partial charge is 0.434 e. The number of benzene rings is 2. The Morgan fingerprint density at radius 3 is 2.55 bits per heavy atom. The summed E-state index contributed by atoms with van der Waals surface area (Å²) in [6.45, 7) is -0.692. The van der Waals surface area contributed by atoms with Crippen LogP contribution in [-0.4, -0.2) is 56.0 Å². The van der Waals surface area contributed by atoms with Crippen LogP contribution in [0, 0.1) is 0 Å². The predicted octanol–water partition coefficient (Wildman–Crippen LogP) is 3.42. The Bertz CT molecular complexity index is 947. The summed E-state index contributed by atoms with van der Waals surface area (Å²) in [7, 11) is 0. The molecule has 2 amide bonds. The molecule has 0 atom stereocenters. The normalized spacial score (nSPS) is 14.2. The van der Waals surface area contributed by atoms with E-state index in [1.165, 1.54) is 18.2 Å². The van der Waals surface area contributed by atoms with Crippen molar-refractivity contribution in [1.82, 2.24) is 10.2 Å². The molecule has 0 bridgehead atoms. The minimum atomic E-state index is -2.96. The first-order valence-corrected chi connectivity index (χ1v) is 10.1. The lowest BCUT2D eigenvalue weighted by molar-refractivity contribution is -0.132. The number of hydrogen-bond donors (Lipinski definition) is 1. The van der Waals surface area contributed by atoms with Crippen LogP contribution in [0.25, 0.3) is 6.08 Å². The molecule has 0 saturated carbocycles. The van der Waals surface area contributed by atoms with Crippen LogP contribution in [-0.2, 0) is 9.59 Å². The third-order valence-corrected chi connectivity index (χ3v) is 5.00. The van der Waals surface area contributed by atoms with Gasteiger partial charge in [-0.1, -0.05) is 35.9 Å². The van der Waals surface area contributed by atoms with Gasteiger partial charge in [-0.15, -0.1) is 0 Å². The van der Waals surface area contributed by atoms with Crippen molar-refractivity contribution in [3.63, 3.8) is 0 Å². The fourth-order valence-electron chi connectivity index (χ4n) is 3.21. The number of para-hydroxylation sites is 1. The van der Waals surface area contributed by atoms with Gasteiger partial charge in [0.25, 0.3) is 0 Å². The molecule has 9 heteroatoms. The maximum absolute atomic E-state index is 12.4. The molecule has 164 valence electrons. The highest BCUT2D eigenvalue weighted by Gasteiger charge is 2.21. The Kier molecular flexibility index (Phi) is 7.83. The Labute approximate surface area is 184 Å². The van der Waals surface area contributed by atoms with E-state index in [2.05, 4.69) is 15.0 Å². The number of ether oxygens (including phenoxy) is 1. The molecule has 1 aliphatic heterocycles. The van der Waals surface area contributed by atoms with Gasteiger partial charge >= 0.3 is 6.61 Å². The van der Waals surface area contributed by atoms with Gasteiger partial charge < -0.3 is 19.9 Å². The average molecular weight is 450 g/mol. The van der Waals surface area contributed by atoms with Crippen molar-refractivity contribution in [2.24, 2.45) is 0 Å². The summed E-state index contributed by atoms with van der Waals surface area (Å²) in [5, 5.41) is 3.19. The van der Waals surface area contributed by atoms with Crippen LogP contribution < -0.4 is 15.0 Å². The number of nitrogens with one attached hydrogen (secondary N) is 1. The molecule has 1 N–H and O–H groups in total. The van der Waals surface area contributed by atoms with Crippen LogP contribution in [0.15, 0.2) is 54.6 Å². The second-order valence-electron chi connectivity index (χ2n) is 6.82. The second-order valence-corrected chi connectivity index (χ2v) is 7.25. The molecule has 0 radical (unpaired) electrons. The zero-order valence-corrected chi connectivity index (χ0v) is 17.4. The maximum atomic E-state index is 12.4. The highest BCUT2D eigenvalue weighted by Crippen LogP contribution is 2.22. The second kappa shape index (κ2) is 10.8. The van der Waals surface area contributed by atoms with Crippen LogP contribution in [0.1, 0.15) is 5.56 Å². The fraction of sp³-hybridized carbons (Fsp3) is 0.273. The summed E-state index contributed by atoms with van der Waals surface area (Å²) in [5.41, 5.74) is 1.34. The lowest BCUT2D eigenvalue weighted by atomic mass is 10.2. The van der Waals surface area contributed by atoms with E-state index in [4.69, 9.17) is 11.6 Å². The van der Waals surface area contributed by atoms with Crippen LogP contribution >= 0.6 is 11.6 Å². The number of carbonyl (C=O) groups is 2. The molecule has 1 fully saturated rings. The third-order valence-electron chi connectivity index (χ3n) is 4.77. The van der Waals surface area contributed by atoms with Crippen molar-refractivity contribution >= 4 is 35.2 Å². The quantitative estimate of drug-likeness (QED) is 0.658. The third kappa shape index (κ3) is 6.68. The predicted molar refractivity (Wildman–Crippen MR) is 115 cm³/mol. The lowest BCUT2D eigenvalue weighted by Gasteiger charge is -2.36. The number of halogens is 3. The number of rotatable bonds is 7. The molecular weight excluding hydrogens is 428 g/mol. The van der Waals surface area contributed by atoms with Gasteiger partial charge in [0.2, 0.25) is 11.8 Å². The van der Waals surface area contributed by atoms with Gasteiger partial charge in [0.05, 0.1) is 6.54 Å². The Hall–Kier alpha value is -3.13. The van der Waals surface area contributed by atoms with E-state index in [1.54, 1.807) is 23.1 Å². The van der Waals surface area contributed by atoms with Crippen molar-refractivity contribution in [3.05, 3.63) is 65.2 Å². The van der Waals surface area contributed by atoms with Gasteiger partial charge in [-0.25, -0.2) is 0 Å². The van der Waals surface area contributed by atoms with Crippen LogP contribution in [0.2, 0.25) is 5.02 Å². The number of anilines is 1. The molecule has 1 heterocycles. The molecule has 1 saturated heterocycles. The molecule has 0 aliphatic carbocycles. The molecule has 0 aromatic heterocycles. The van der Waals surface area contributed by atoms with Gasteiger partial charge in [0.15, 0.2) is 0 Å². The van der Waals surface area contributed by atoms with Gasteiger partial charge in [-0.2, -0.15) is 8.78 Å².